The standard InChI is InChI=1S/C22H21N2.BrH/c1-3-9-17(10-4-1)20-15-23-16-21(18-11-5-2-6-12-18)24-14-8-7-13-19(20)22(23)24;/h1-6,9-12,16H,7-8,13-15H2;1H/q+1;/p-1. The predicted octanol–water partition coefficient (Wildman–Crippen LogP) is 1.55. The van der Waals surface area contributed by atoms with Crippen LogP contribution in [0.2, 0.25) is 0 Å². The Kier molecular flexibility index (Phi) is 4.34. The molecule has 0 aliphatic carbocycles. The average Bonchev–Trinajstić information content (AvgIpc) is 3.08. The molecule has 0 radical (unpaired) electrons. The average molecular weight is 393 g/mol. The van der Waals surface area contributed by atoms with E-state index in [-0.39, 0.29) is 17.0 Å². The van der Waals surface area contributed by atoms with Crippen LogP contribution in [0.1, 0.15) is 30.7 Å². The first-order valence-electron chi connectivity index (χ1n) is 8.88. The van der Waals surface area contributed by atoms with Gasteiger partial charge in [-0.1, -0.05) is 60.7 Å². The fraction of sp³-hybridized carbons (Fsp3) is 0.227. The van der Waals surface area contributed by atoms with E-state index in [2.05, 4.69) is 76.0 Å². The highest BCUT2D eigenvalue weighted by Crippen LogP contribution is 2.38. The van der Waals surface area contributed by atoms with Gasteiger partial charge in [0.15, 0.2) is 5.69 Å². The van der Waals surface area contributed by atoms with Gasteiger partial charge in [-0.2, -0.15) is 0 Å². The van der Waals surface area contributed by atoms with E-state index in [9.17, 15) is 0 Å². The summed E-state index contributed by atoms with van der Waals surface area (Å²) in [6.07, 6.45) is 6.09. The van der Waals surface area contributed by atoms with Gasteiger partial charge in [-0.15, -0.1) is 0 Å². The van der Waals surface area contributed by atoms with Gasteiger partial charge in [0.05, 0.1) is 6.54 Å². The summed E-state index contributed by atoms with van der Waals surface area (Å²) in [4.78, 5) is 0. The molecule has 2 aliphatic rings. The lowest BCUT2D eigenvalue weighted by atomic mass is 9.98. The summed E-state index contributed by atoms with van der Waals surface area (Å²) in [6.45, 7) is 2.12. The van der Waals surface area contributed by atoms with E-state index in [1.165, 1.54) is 47.5 Å². The zero-order chi connectivity index (χ0) is 15.9. The van der Waals surface area contributed by atoms with E-state index in [4.69, 9.17) is 0 Å². The molecule has 0 N–H and O–H groups in total. The summed E-state index contributed by atoms with van der Waals surface area (Å²) in [7, 11) is 0. The van der Waals surface area contributed by atoms with Crippen LogP contribution in [0, 0.1) is 0 Å². The molecule has 5 rings (SSSR count). The number of aromatic nitrogens is 2. The number of imidazole rings is 1. The zero-order valence-corrected chi connectivity index (χ0v) is 15.7. The van der Waals surface area contributed by atoms with Crippen molar-refractivity contribution in [1.82, 2.24) is 4.57 Å². The SMILES string of the molecule is [Br-].c1ccc(C2=C3CCCCn4c(-c5ccccc5)c[n+](c43)C2)cc1. The molecule has 0 amide bonds. The number of rotatable bonds is 2. The minimum atomic E-state index is 0. The van der Waals surface area contributed by atoms with Gasteiger partial charge in [-0.25, -0.2) is 9.13 Å². The van der Waals surface area contributed by atoms with E-state index in [1.54, 1.807) is 5.57 Å². The van der Waals surface area contributed by atoms with Crippen molar-refractivity contribution in [3.8, 4) is 11.3 Å². The van der Waals surface area contributed by atoms with Crippen molar-refractivity contribution in [3.63, 3.8) is 0 Å². The van der Waals surface area contributed by atoms with Gasteiger partial charge in [0, 0.05) is 16.7 Å². The summed E-state index contributed by atoms with van der Waals surface area (Å²) in [5.41, 5.74) is 7.13. The highest BCUT2D eigenvalue weighted by Gasteiger charge is 2.36. The van der Waals surface area contributed by atoms with Crippen molar-refractivity contribution in [3.05, 3.63) is 78.2 Å². The molecular formula is C22H21BrN2. The molecule has 0 unspecified atom stereocenters. The monoisotopic (exact) mass is 392 g/mol. The third-order valence-electron chi connectivity index (χ3n) is 5.31. The summed E-state index contributed by atoms with van der Waals surface area (Å²) in [5.74, 6) is 1.44. The molecule has 0 saturated carbocycles. The zero-order valence-electron chi connectivity index (χ0n) is 14.2. The third-order valence-corrected chi connectivity index (χ3v) is 5.31. The van der Waals surface area contributed by atoms with Crippen molar-refractivity contribution in [2.45, 2.75) is 32.4 Å². The molecule has 2 nitrogen and oxygen atoms in total. The van der Waals surface area contributed by atoms with E-state index in [1.807, 2.05) is 0 Å². The summed E-state index contributed by atoms with van der Waals surface area (Å²) >= 11 is 0. The van der Waals surface area contributed by atoms with Gasteiger partial charge >= 0.3 is 0 Å². The Labute approximate surface area is 159 Å². The largest absolute Gasteiger partial charge is 1.00 e. The van der Waals surface area contributed by atoms with E-state index in [0.717, 1.165) is 13.1 Å². The van der Waals surface area contributed by atoms with Crippen molar-refractivity contribution in [2.24, 2.45) is 0 Å². The van der Waals surface area contributed by atoms with Crippen LogP contribution < -0.4 is 21.5 Å². The number of allylic oxidation sites excluding steroid dienone is 2. The molecule has 0 saturated heterocycles. The quantitative estimate of drug-likeness (QED) is 0.585. The lowest BCUT2D eigenvalue weighted by Gasteiger charge is -2.04. The molecule has 3 aromatic rings. The summed E-state index contributed by atoms with van der Waals surface area (Å²) < 4.78 is 5.01. The van der Waals surface area contributed by atoms with E-state index in [0.29, 0.717) is 0 Å². The Morgan fingerprint density at radius 2 is 1.44 bits per heavy atom. The molecule has 3 heteroatoms. The molecule has 2 aliphatic heterocycles. The second-order valence-electron chi connectivity index (χ2n) is 6.76. The third kappa shape index (κ3) is 2.67. The highest BCUT2D eigenvalue weighted by molar-refractivity contribution is 5.90. The fourth-order valence-electron chi connectivity index (χ4n) is 4.21. The maximum absolute atomic E-state index is 2.55. The topological polar surface area (TPSA) is 8.81 Å². The van der Waals surface area contributed by atoms with Crippen LogP contribution in [0.25, 0.3) is 22.4 Å². The molecule has 3 heterocycles. The maximum Gasteiger partial charge on any atom is 0.285 e. The lowest BCUT2D eigenvalue weighted by Crippen LogP contribution is -3.00. The maximum atomic E-state index is 2.55. The van der Waals surface area contributed by atoms with E-state index >= 15 is 0 Å². The first kappa shape index (κ1) is 16.3. The van der Waals surface area contributed by atoms with Crippen LogP contribution in [0.4, 0.5) is 0 Å². The van der Waals surface area contributed by atoms with Crippen LogP contribution in [0.5, 0.6) is 0 Å². The number of halogens is 1. The fourth-order valence-corrected chi connectivity index (χ4v) is 4.21. The minimum absolute atomic E-state index is 0. The first-order valence-corrected chi connectivity index (χ1v) is 8.88. The van der Waals surface area contributed by atoms with Crippen LogP contribution in [-0.4, -0.2) is 4.57 Å². The van der Waals surface area contributed by atoms with Crippen LogP contribution in [-0.2, 0) is 13.1 Å². The Bertz CT molecular complexity index is 923. The second-order valence-corrected chi connectivity index (χ2v) is 6.76. The Balaban J connectivity index is 0.00000157. The van der Waals surface area contributed by atoms with Gasteiger partial charge in [0.2, 0.25) is 0 Å². The summed E-state index contributed by atoms with van der Waals surface area (Å²) in [5, 5.41) is 0. The van der Waals surface area contributed by atoms with Gasteiger partial charge in [-0.3, -0.25) is 0 Å². The molecule has 126 valence electrons. The van der Waals surface area contributed by atoms with Crippen molar-refractivity contribution < 1.29 is 21.5 Å². The molecule has 0 fully saturated rings. The van der Waals surface area contributed by atoms with E-state index < -0.39 is 0 Å². The minimum Gasteiger partial charge on any atom is -1.00 e. The van der Waals surface area contributed by atoms with Gasteiger partial charge < -0.3 is 17.0 Å². The first-order chi connectivity index (χ1) is 11.9. The number of benzene rings is 2. The number of hydrogen-bond acceptors (Lipinski definition) is 0. The molecule has 0 atom stereocenters. The number of nitrogens with zero attached hydrogens (tertiary/aromatic N) is 2. The molecule has 1 aromatic heterocycles. The second kappa shape index (κ2) is 6.64. The van der Waals surface area contributed by atoms with Gasteiger partial charge in [-0.05, 0) is 24.8 Å². The van der Waals surface area contributed by atoms with Crippen molar-refractivity contribution in [2.75, 3.05) is 0 Å². The lowest BCUT2D eigenvalue weighted by molar-refractivity contribution is -0.681. The molecule has 0 spiro atoms. The smallest absolute Gasteiger partial charge is 0.285 e. The molecule has 2 aromatic carbocycles. The van der Waals surface area contributed by atoms with Gasteiger partial charge in [0.25, 0.3) is 5.82 Å². The van der Waals surface area contributed by atoms with Crippen molar-refractivity contribution in [1.29, 1.82) is 0 Å². The van der Waals surface area contributed by atoms with Crippen LogP contribution in [0.3, 0.4) is 0 Å². The summed E-state index contributed by atoms with van der Waals surface area (Å²) in [6, 6.07) is 21.7. The molecular weight excluding hydrogens is 372 g/mol. The Morgan fingerprint density at radius 3 is 2.16 bits per heavy atom. The van der Waals surface area contributed by atoms with Crippen LogP contribution >= 0.6 is 0 Å². The predicted molar refractivity (Wildman–Crippen MR) is 97.2 cm³/mol. The Hall–Kier alpha value is -2.13. The normalized spacial score (nSPS) is 15.5. The highest BCUT2D eigenvalue weighted by atomic mass is 79.9. The van der Waals surface area contributed by atoms with Crippen LogP contribution in [0.15, 0.2) is 66.9 Å². The van der Waals surface area contributed by atoms with Gasteiger partial charge in [0.1, 0.15) is 12.7 Å². The Morgan fingerprint density at radius 1 is 0.760 bits per heavy atom. The molecule has 25 heavy (non-hydrogen) atoms. The number of hydrogen-bond donors (Lipinski definition) is 0. The van der Waals surface area contributed by atoms with Crippen molar-refractivity contribution >= 4 is 11.1 Å². The molecule has 0 bridgehead atoms.